The molecule has 0 aliphatic rings. The van der Waals surface area contributed by atoms with Gasteiger partial charge >= 0.3 is 0 Å². The maximum atomic E-state index is 13.0. The minimum atomic E-state index is -2.68. The van der Waals surface area contributed by atoms with E-state index in [4.69, 9.17) is 11.5 Å². The summed E-state index contributed by atoms with van der Waals surface area (Å²) in [6.07, 6.45) is 3.59. The molecule has 0 saturated carbocycles. The second-order valence-electron chi connectivity index (χ2n) is 7.15. The van der Waals surface area contributed by atoms with Crippen LogP contribution in [0.15, 0.2) is 51.6 Å². The van der Waals surface area contributed by atoms with Gasteiger partial charge in [0.25, 0.3) is 6.43 Å². The molecule has 6 N–H and O–H groups in total. The van der Waals surface area contributed by atoms with Gasteiger partial charge < -0.3 is 21.9 Å². The van der Waals surface area contributed by atoms with Crippen LogP contribution in [-0.2, 0) is 0 Å². The number of nitrogens with zero attached hydrogens (tertiary/aromatic N) is 3. The standard InChI is InChI=1S/C22H32F2N6O/c1-6-13(2)19(26)8-21(29-16(5)22(23)24)30-20-7-14(3)18(12-28-20)17(9-25)11-27-10-15(4)31/h7-9,11-12,15,22,31H,6,10,25-26H2,1-5H3,(H,28,30)/b17-9+,19-13-,21-8+,27-11?,29-16+. The van der Waals surface area contributed by atoms with E-state index in [-0.39, 0.29) is 18.1 Å². The van der Waals surface area contributed by atoms with Crippen LogP contribution in [0.1, 0.15) is 45.2 Å². The number of alkyl halides is 2. The normalized spacial score (nSPS) is 15.5. The summed E-state index contributed by atoms with van der Waals surface area (Å²) in [7, 11) is 0. The van der Waals surface area contributed by atoms with Crippen molar-refractivity contribution in [3.63, 3.8) is 0 Å². The Kier molecular flexibility index (Phi) is 10.5. The number of rotatable bonds is 10. The molecule has 1 atom stereocenters. The lowest BCUT2D eigenvalue weighted by atomic mass is 10.0. The van der Waals surface area contributed by atoms with E-state index in [9.17, 15) is 13.9 Å². The summed E-state index contributed by atoms with van der Waals surface area (Å²) >= 11 is 0. The fraction of sp³-hybridized carbons (Fsp3) is 0.409. The quantitative estimate of drug-likeness (QED) is 0.330. The Bertz CT molecular complexity index is 901. The molecule has 1 aromatic heterocycles. The number of hydrogen-bond acceptors (Lipinski definition) is 7. The molecule has 9 heteroatoms. The maximum absolute atomic E-state index is 13.0. The molecule has 0 aromatic carbocycles. The Labute approximate surface area is 182 Å². The topological polar surface area (TPSA) is 122 Å². The van der Waals surface area contributed by atoms with E-state index >= 15 is 0 Å². The van der Waals surface area contributed by atoms with Crippen LogP contribution in [0.3, 0.4) is 0 Å². The number of aryl methyl sites for hydroxylation is 1. The maximum Gasteiger partial charge on any atom is 0.276 e. The zero-order valence-electron chi connectivity index (χ0n) is 18.7. The average Bonchev–Trinajstić information content (AvgIpc) is 2.70. The Morgan fingerprint density at radius 3 is 2.55 bits per heavy atom. The molecular formula is C22H32F2N6O. The number of aromatic nitrogens is 1. The highest BCUT2D eigenvalue weighted by atomic mass is 19.3. The van der Waals surface area contributed by atoms with Crippen LogP contribution in [0.25, 0.3) is 5.57 Å². The van der Waals surface area contributed by atoms with Gasteiger partial charge in [0.05, 0.1) is 18.4 Å². The van der Waals surface area contributed by atoms with E-state index in [2.05, 4.69) is 20.3 Å². The molecule has 7 nitrogen and oxygen atoms in total. The largest absolute Gasteiger partial charge is 0.404 e. The van der Waals surface area contributed by atoms with Crippen LogP contribution in [0, 0.1) is 6.92 Å². The lowest BCUT2D eigenvalue weighted by molar-refractivity contribution is 0.204. The van der Waals surface area contributed by atoms with Crippen molar-refractivity contribution in [1.82, 2.24) is 4.98 Å². The summed E-state index contributed by atoms with van der Waals surface area (Å²) in [6, 6.07) is 1.75. The lowest BCUT2D eigenvalue weighted by Crippen LogP contribution is -2.10. The third-order valence-electron chi connectivity index (χ3n) is 4.39. The number of aliphatic imine (C=N–C) groups is 2. The van der Waals surface area contributed by atoms with Crippen LogP contribution in [0.5, 0.6) is 0 Å². The van der Waals surface area contributed by atoms with Gasteiger partial charge in [0.1, 0.15) is 11.6 Å². The number of allylic oxidation sites excluding steroid dienone is 3. The first-order valence-electron chi connectivity index (χ1n) is 9.93. The van der Waals surface area contributed by atoms with Gasteiger partial charge in [-0.15, -0.1) is 0 Å². The SMILES string of the molecule is CC/C(C)=C(N)/C=C(\N=C(/C)C(F)F)Nc1cc(C)c(/C(C=NCC(C)O)=C/N)cn1. The van der Waals surface area contributed by atoms with Crippen LogP contribution < -0.4 is 16.8 Å². The van der Waals surface area contributed by atoms with E-state index in [0.717, 1.165) is 23.1 Å². The number of hydrogen-bond donors (Lipinski definition) is 4. The average molecular weight is 435 g/mol. The molecule has 0 radical (unpaired) electrons. The number of nitrogens with one attached hydrogen (secondary N) is 1. The first kappa shape index (κ1) is 26.0. The Morgan fingerprint density at radius 1 is 1.35 bits per heavy atom. The fourth-order valence-electron chi connectivity index (χ4n) is 2.37. The van der Waals surface area contributed by atoms with E-state index < -0.39 is 12.5 Å². The highest BCUT2D eigenvalue weighted by Gasteiger charge is 2.11. The second kappa shape index (κ2) is 12.6. The molecule has 1 rings (SSSR count). The highest BCUT2D eigenvalue weighted by Crippen LogP contribution is 2.20. The summed E-state index contributed by atoms with van der Waals surface area (Å²) in [5.41, 5.74) is 15.0. The van der Waals surface area contributed by atoms with E-state index in [0.29, 0.717) is 17.1 Å². The van der Waals surface area contributed by atoms with Crippen LogP contribution in [-0.4, -0.2) is 41.1 Å². The molecule has 1 unspecified atom stereocenters. The number of halogens is 2. The minimum Gasteiger partial charge on any atom is -0.404 e. The van der Waals surface area contributed by atoms with Gasteiger partial charge in [0.15, 0.2) is 0 Å². The van der Waals surface area contributed by atoms with E-state index in [1.54, 1.807) is 25.4 Å². The summed E-state index contributed by atoms with van der Waals surface area (Å²) in [4.78, 5) is 12.5. The summed E-state index contributed by atoms with van der Waals surface area (Å²) < 4.78 is 26.0. The third-order valence-corrected chi connectivity index (χ3v) is 4.39. The Hall–Kier alpha value is -3.07. The Balaban J connectivity index is 3.25. The predicted molar refractivity (Wildman–Crippen MR) is 124 cm³/mol. The van der Waals surface area contributed by atoms with Crippen molar-refractivity contribution < 1.29 is 13.9 Å². The molecule has 0 bridgehead atoms. The van der Waals surface area contributed by atoms with Crippen molar-refractivity contribution in [3.05, 3.63) is 52.8 Å². The molecule has 0 aliphatic carbocycles. The van der Waals surface area contributed by atoms with Gasteiger partial charge in [-0.25, -0.2) is 18.8 Å². The van der Waals surface area contributed by atoms with Gasteiger partial charge in [-0.3, -0.25) is 4.99 Å². The summed E-state index contributed by atoms with van der Waals surface area (Å²) in [5.74, 6) is 0.577. The second-order valence-corrected chi connectivity index (χ2v) is 7.15. The van der Waals surface area contributed by atoms with Crippen molar-refractivity contribution in [2.75, 3.05) is 11.9 Å². The van der Waals surface area contributed by atoms with Crippen LogP contribution in [0.4, 0.5) is 14.6 Å². The van der Waals surface area contributed by atoms with Gasteiger partial charge in [0.2, 0.25) is 0 Å². The monoisotopic (exact) mass is 434 g/mol. The van der Waals surface area contributed by atoms with Gasteiger partial charge in [-0.2, -0.15) is 0 Å². The molecule has 0 fully saturated rings. The minimum absolute atomic E-state index is 0.163. The van der Waals surface area contributed by atoms with E-state index in [1.807, 2.05) is 20.8 Å². The van der Waals surface area contributed by atoms with E-state index in [1.165, 1.54) is 19.2 Å². The van der Waals surface area contributed by atoms with Crippen molar-refractivity contribution in [3.8, 4) is 0 Å². The van der Waals surface area contributed by atoms with Gasteiger partial charge in [-0.1, -0.05) is 12.5 Å². The molecule has 0 spiro atoms. The number of aliphatic hydroxyl groups is 1. The molecular weight excluding hydrogens is 402 g/mol. The molecule has 1 heterocycles. The zero-order valence-corrected chi connectivity index (χ0v) is 18.7. The number of pyridine rings is 1. The van der Waals surface area contributed by atoms with Crippen molar-refractivity contribution in [2.45, 2.75) is 53.6 Å². The molecule has 0 saturated heterocycles. The van der Waals surface area contributed by atoms with Crippen molar-refractivity contribution >= 4 is 23.3 Å². The molecule has 170 valence electrons. The Morgan fingerprint density at radius 2 is 2.03 bits per heavy atom. The van der Waals surface area contributed by atoms with Crippen molar-refractivity contribution in [1.29, 1.82) is 0 Å². The summed E-state index contributed by atoms with van der Waals surface area (Å²) in [5, 5.41) is 12.3. The van der Waals surface area contributed by atoms with Crippen LogP contribution >= 0.6 is 0 Å². The third kappa shape index (κ3) is 8.67. The highest BCUT2D eigenvalue weighted by molar-refractivity contribution is 6.10. The van der Waals surface area contributed by atoms with Crippen LogP contribution in [0.2, 0.25) is 0 Å². The smallest absolute Gasteiger partial charge is 0.276 e. The predicted octanol–water partition coefficient (Wildman–Crippen LogP) is 3.76. The van der Waals surface area contributed by atoms with Gasteiger partial charge in [-0.05, 0) is 45.7 Å². The molecule has 1 aromatic rings. The zero-order chi connectivity index (χ0) is 23.6. The number of anilines is 1. The lowest BCUT2D eigenvalue weighted by Gasteiger charge is -2.12. The number of aliphatic hydroxyl groups excluding tert-OH is 1. The van der Waals surface area contributed by atoms with Crippen molar-refractivity contribution in [2.24, 2.45) is 21.5 Å². The first-order valence-corrected chi connectivity index (χ1v) is 9.93. The fourth-order valence-corrected chi connectivity index (χ4v) is 2.37. The molecule has 31 heavy (non-hydrogen) atoms. The molecule has 0 aliphatic heterocycles. The first-order chi connectivity index (χ1) is 14.6. The summed E-state index contributed by atoms with van der Waals surface area (Å²) in [6.45, 7) is 8.83. The molecule has 0 amide bonds. The van der Waals surface area contributed by atoms with Gasteiger partial charge in [0, 0.05) is 41.5 Å². The number of nitrogens with two attached hydrogens (primary N) is 2.